The van der Waals surface area contributed by atoms with E-state index in [1.54, 1.807) is 29.2 Å². The molecule has 0 bridgehead atoms. The zero-order valence-electron chi connectivity index (χ0n) is 14.7. The number of hydrogen-bond acceptors (Lipinski definition) is 3. The Morgan fingerprint density at radius 2 is 1.92 bits per heavy atom. The Morgan fingerprint density at radius 3 is 2.54 bits per heavy atom. The first kappa shape index (κ1) is 18.1. The molecule has 0 aliphatic carbocycles. The Balaban J connectivity index is 1.46. The number of benzene rings is 1. The summed E-state index contributed by atoms with van der Waals surface area (Å²) in [6, 6.07) is 9.22. The molecule has 1 aliphatic rings. The van der Waals surface area contributed by atoms with Gasteiger partial charge in [0.1, 0.15) is 5.82 Å². The lowest BCUT2D eigenvalue weighted by Gasteiger charge is -2.34. The predicted molar refractivity (Wildman–Crippen MR) is 93.0 cm³/mol. The maximum absolute atomic E-state index is 12.9. The molecule has 1 aromatic carbocycles. The molecule has 1 aromatic heterocycles. The van der Waals surface area contributed by atoms with Gasteiger partial charge < -0.3 is 19.5 Å². The van der Waals surface area contributed by atoms with Crippen LogP contribution in [0.15, 0.2) is 47.1 Å². The average molecular weight is 360 g/mol. The number of nitrogens with zero attached hydrogens (tertiary/aromatic N) is 1. The first-order valence-electron chi connectivity index (χ1n) is 8.74. The van der Waals surface area contributed by atoms with Crippen LogP contribution in [0, 0.1) is 5.82 Å². The highest BCUT2D eigenvalue weighted by Crippen LogP contribution is 2.06. The van der Waals surface area contributed by atoms with Gasteiger partial charge in [-0.15, -0.1) is 0 Å². The van der Waals surface area contributed by atoms with Gasteiger partial charge in [0.25, 0.3) is 11.8 Å². The Kier molecular flexibility index (Phi) is 5.68. The number of carbonyl (C=O) groups is 2. The third kappa shape index (κ3) is 4.29. The molecule has 2 N–H and O–H groups in total. The molecule has 138 valence electrons. The van der Waals surface area contributed by atoms with Crippen molar-refractivity contribution in [1.29, 1.82) is 0 Å². The van der Waals surface area contributed by atoms with Crippen molar-refractivity contribution < 1.29 is 23.3 Å². The molecule has 1 atom stereocenters. The Labute approximate surface area is 151 Å². The second-order valence-corrected chi connectivity index (χ2v) is 6.49. The molecular weight excluding hydrogens is 337 g/mol. The number of hydrogen-bond donors (Lipinski definition) is 2. The third-order valence-corrected chi connectivity index (χ3v) is 4.81. The number of furan rings is 1. The molecule has 0 unspecified atom stereocenters. The van der Waals surface area contributed by atoms with E-state index in [1.807, 2.05) is 6.92 Å². The van der Waals surface area contributed by atoms with Crippen LogP contribution >= 0.6 is 0 Å². The van der Waals surface area contributed by atoms with Crippen molar-refractivity contribution in [3.05, 3.63) is 59.8 Å². The van der Waals surface area contributed by atoms with Crippen LogP contribution in [-0.4, -0.2) is 48.9 Å². The van der Waals surface area contributed by atoms with Crippen molar-refractivity contribution in [3.63, 3.8) is 0 Å². The van der Waals surface area contributed by atoms with Gasteiger partial charge in [0.15, 0.2) is 11.8 Å². The minimum absolute atomic E-state index is 0.0462. The van der Waals surface area contributed by atoms with E-state index in [9.17, 15) is 14.0 Å². The van der Waals surface area contributed by atoms with Crippen LogP contribution in [0.4, 0.5) is 4.39 Å². The molecule has 1 fully saturated rings. The zero-order chi connectivity index (χ0) is 18.5. The highest BCUT2D eigenvalue weighted by Gasteiger charge is 2.31. The van der Waals surface area contributed by atoms with Crippen LogP contribution < -0.4 is 10.2 Å². The molecule has 3 rings (SSSR count). The van der Waals surface area contributed by atoms with Crippen molar-refractivity contribution in [3.8, 4) is 0 Å². The maximum Gasteiger partial charge on any atom is 0.289 e. The quantitative estimate of drug-likeness (QED) is 0.814. The van der Waals surface area contributed by atoms with Crippen LogP contribution in [0.1, 0.15) is 23.0 Å². The van der Waals surface area contributed by atoms with Gasteiger partial charge in [0.2, 0.25) is 0 Å². The van der Waals surface area contributed by atoms with E-state index >= 15 is 0 Å². The number of amides is 2. The highest BCUT2D eigenvalue weighted by molar-refractivity contribution is 5.91. The minimum atomic E-state index is -0.292. The fourth-order valence-electron chi connectivity index (χ4n) is 3.12. The minimum Gasteiger partial charge on any atom is -0.459 e. The molecule has 0 radical (unpaired) electrons. The molecule has 2 heterocycles. The first-order chi connectivity index (χ1) is 12.5. The number of nitrogens with one attached hydrogen (secondary N) is 2. The number of quaternary nitrogens is 1. The summed E-state index contributed by atoms with van der Waals surface area (Å²) in [4.78, 5) is 27.6. The number of piperazine rings is 1. The Hall–Kier alpha value is -2.67. The largest absolute Gasteiger partial charge is 0.459 e. The lowest BCUT2D eigenvalue weighted by molar-refractivity contribution is -0.917. The maximum atomic E-state index is 12.9. The van der Waals surface area contributed by atoms with Gasteiger partial charge in [-0.1, -0.05) is 12.1 Å². The summed E-state index contributed by atoms with van der Waals surface area (Å²) in [6.45, 7) is 4.85. The summed E-state index contributed by atoms with van der Waals surface area (Å²) < 4.78 is 18.1. The van der Waals surface area contributed by atoms with Crippen LogP contribution in [0.25, 0.3) is 0 Å². The standard InChI is InChI=1S/C19H22FN3O3/c1-14(18(24)21-13-15-4-6-16(20)7-5-15)22-8-10-23(11-9-22)19(25)17-3-2-12-26-17/h2-7,12,14H,8-11,13H2,1H3,(H,21,24)/p+1/t14-/m1/s1. The average Bonchev–Trinajstić information content (AvgIpc) is 3.21. The van der Waals surface area contributed by atoms with Crippen molar-refractivity contribution in [2.75, 3.05) is 26.2 Å². The van der Waals surface area contributed by atoms with Crippen LogP contribution in [0.5, 0.6) is 0 Å². The summed E-state index contributed by atoms with van der Waals surface area (Å²) in [5.41, 5.74) is 0.857. The molecule has 0 saturated carbocycles. The van der Waals surface area contributed by atoms with Crippen molar-refractivity contribution in [1.82, 2.24) is 10.2 Å². The second-order valence-electron chi connectivity index (χ2n) is 6.49. The Bertz CT molecular complexity index is 738. The van der Waals surface area contributed by atoms with Crippen LogP contribution in [0.2, 0.25) is 0 Å². The smallest absolute Gasteiger partial charge is 0.289 e. The number of carbonyl (C=O) groups excluding carboxylic acids is 2. The van der Waals surface area contributed by atoms with Gasteiger partial charge in [-0.3, -0.25) is 9.59 Å². The van der Waals surface area contributed by atoms with Crippen molar-refractivity contribution in [2.45, 2.75) is 19.5 Å². The predicted octanol–water partition coefficient (Wildman–Crippen LogP) is 0.464. The van der Waals surface area contributed by atoms with Crippen molar-refractivity contribution in [2.24, 2.45) is 0 Å². The van der Waals surface area contributed by atoms with Gasteiger partial charge in [-0.2, -0.15) is 0 Å². The zero-order valence-corrected chi connectivity index (χ0v) is 14.7. The second kappa shape index (κ2) is 8.14. The summed E-state index contributed by atoms with van der Waals surface area (Å²) in [7, 11) is 0. The van der Waals surface area contributed by atoms with Gasteiger partial charge >= 0.3 is 0 Å². The summed E-state index contributed by atoms with van der Waals surface area (Å²) in [5, 5.41) is 2.89. The van der Waals surface area contributed by atoms with Gasteiger partial charge in [-0.05, 0) is 36.8 Å². The Morgan fingerprint density at radius 1 is 1.23 bits per heavy atom. The molecule has 2 amide bonds. The number of rotatable bonds is 5. The van der Waals surface area contributed by atoms with E-state index in [1.165, 1.54) is 18.4 Å². The van der Waals surface area contributed by atoms with E-state index in [0.29, 0.717) is 38.5 Å². The van der Waals surface area contributed by atoms with E-state index < -0.39 is 0 Å². The third-order valence-electron chi connectivity index (χ3n) is 4.81. The van der Waals surface area contributed by atoms with Gasteiger partial charge in [-0.25, -0.2) is 4.39 Å². The molecule has 0 spiro atoms. The van der Waals surface area contributed by atoms with Crippen molar-refractivity contribution >= 4 is 11.8 Å². The SMILES string of the molecule is C[C@H](C(=O)NCc1ccc(F)cc1)[NH+]1CCN(C(=O)c2ccco2)CC1. The molecule has 1 saturated heterocycles. The van der Waals surface area contributed by atoms with E-state index in [4.69, 9.17) is 4.42 Å². The molecular formula is C19H23FN3O3+. The topological polar surface area (TPSA) is 67.0 Å². The van der Waals surface area contributed by atoms with E-state index in [-0.39, 0.29) is 23.7 Å². The first-order valence-corrected chi connectivity index (χ1v) is 8.74. The molecule has 26 heavy (non-hydrogen) atoms. The lowest BCUT2D eigenvalue weighted by atomic mass is 10.2. The fraction of sp³-hybridized carbons (Fsp3) is 0.368. The summed E-state index contributed by atoms with van der Waals surface area (Å²) >= 11 is 0. The molecule has 1 aliphatic heterocycles. The van der Waals surface area contributed by atoms with Gasteiger partial charge in [0.05, 0.1) is 32.4 Å². The molecule has 7 heteroatoms. The lowest BCUT2D eigenvalue weighted by Crippen LogP contribution is -3.19. The number of halogens is 1. The fourth-order valence-corrected chi connectivity index (χ4v) is 3.12. The van der Waals surface area contributed by atoms with E-state index in [2.05, 4.69) is 5.32 Å². The van der Waals surface area contributed by atoms with Gasteiger partial charge in [0, 0.05) is 6.54 Å². The normalized spacial score (nSPS) is 16.3. The highest BCUT2D eigenvalue weighted by atomic mass is 19.1. The van der Waals surface area contributed by atoms with Crippen LogP contribution in [-0.2, 0) is 11.3 Å². The molecule has 2 aromatic rings. The van der Waals surface area contributed by atoms with Crippen LogP contribution in [0.3, 0.4) is 0 Å². The monoisotopic (exact) mass is 360 g/mol. The molecule has 6 nitrogen and oxygen atoms in total. The van der Waals surface area contributed by atoms with E-state index in [0.717, 1.165) is 10.5 Å². The summed E-state index contributed by atoms with van der Waals surface area (Å²) in [6.07, 6.45) is 1.49. The summed E-state index contributed by atoms with van der Waals surface area (Å²) in [5.74, 6) is -0.101.